The highest BCUT2D eigenvalue weighted by Crippen LogP contribution is 2.44. The van der Waals surface area contributed by atoms with E-state index in [1.165, 1.54) is 26.1 Å². The van der Waals surface area contributed by atoms with E-state index in [-0.39, 0.29) is 29.9 Å². The van der Waals surface area contributed by atoms with E-state index >= 15 is 0 Å². The Morgan fingerprint density at radius 1 is 1.14 bits per heavy atom. The average molecular weight is 632 g/mol. The molecule has 6 atom stereocenters. The molecule has 0 unspecified atom stereocenters. The molecule has 1 saturated heterocycles. The maximum atomic E-state index is 14.1. The molecule has 244 valence electrons. The first-order chi connectivity index (χ1) is 19.6. The zero-order chi connectivity index (χ0) is 33.0. The Morgan fingerprint density at radius 2 is 1.63 bits per heavy atom. The van der Waals surface area contributed by atoms with Gasteiger partial charge in [-0.1, -0.05) is 47.6 Å². The summed E-state index contributed by atoms with van der Waals surface area (Å²) in [6.07, 6.45) is -2.45. The van der Waals surface area contributed by atoms with Crippen molar-refractivity contribution >= 4 is 25.4 Å². The van der Waals surface area contributed by atoms with E-state index in [1.54, 1.807) is 0 Å². The number of nitrogens with two attached hydrogens (primary N) is 1. The van der Waals surface area contributed by atoms with Gasteiger partial charge in [-0.05, 0) is 30.7 Å². The second-order valence-electron chi connectivity index (χ2n) is 13.0. The van der Waals surface area contributed by atoms with Crippen LogP contribution in [0.15, 0.2) is 29.7 Å². The van der Waals surface area contributed by atoms with Crippen LogP contribution in [0.4, 0.5) is 5.82 Å². The molecule has 2 rings (SSSR count). The topological polar surface area (TPSA) is 214 Å². The predicted molar refractivity (Wildman–Crippen MR) is 158 cm³/mol. The number of rotatable bonds is 13. The zero-order valence-corrected chi connectivity index (χ0v) is 26.9. The fourth-order valence-electron chi connectivity index (χ4n) is 3.74. The number of hydrogen-bond donors (Lipinski definition) is 5. The van der Waals surface area contributed by atoms with E-state index < -0.39 is 68.0 Å². The van der Waals surface area contributed by atoms with E-state index in [0.717, 1.165) is 10.6 Å². The standard InChI is InChI=1S/C27H46N5O10P/c1-10-27(20(34)19(33)21(42-27)32-12-11-18(28)29-24(32)37)15-41-43(38,30-16(2)22(35)39-13-25(4,5)6)31-17(3)23(36)40-14-26(7,8)9/h10-12,16-17,19-21,33-34H,1,13-15H2,2-9H3,(H2,28,29,37)(H2,30,31,38)/t16-,17-,19+,20-,21+,27+/m0/s1. The summed E-state index contributed by atoms with van der Waals surface area (Å²) in [6.45, 7) is 17.2. The van der Waals surface area contributed by atoms with Gasteiger partial charge in [-0.2, -0.15) is 4.98 Å². The summed E-state index contributed by atoms with van der Waals surface area (Å²) < 4.78 is 37.3. The second-order valence-corrected chi connectivity index (χ2v) is 14.9. The molecule has 15 nitrogen and oxygen atoms in total. The third-order valence-corrected chi connectivity index (χ3v) is 8.08. The average Bonchev–Trinajstić information content (AvgIpc) is 3.13. The molecule has 1 aliphatic rings. The molecule has 0 saturated carbocycles. The highest BCUT2D eigenvalue weighted by Gasteiger charge is 2.55. The lowest BCUT2D eigenvalue weighted by atomic mass is 9.96. The number of nitrogens with one attached hydrogen (secondary N) is 2. The smallest absolute Gasteiger partial charge is 0.351 e. The zero-order valence-electron chi connectivity index (χ0n) is 26.0. The van der Waals surface area contributed by atoms with E-state index in [2.05, 4.69) is 21.7 Å². The number of carbonyl (C=O) groups excluding carboxylic acids is 2. The van der Waals surface area contributed by atoms with Gasteiger partial charge in [-0.15, -0.1) is 6.58 Å². The molecule has 43 heavy (non-hydrogen) atoms. The first kappa shape index (κ1) is 36.5. The minimum Gasteiger partial charge on any atom is -0.464 e. The van der Waals surface area contributed by atoms with Gasteiger partial charge in [0.1, 0.15) is 35.7 Å². The Bertz CT molecular complexity index is 1220. The van der Waals surface area contributed by atoms with Gasteiger partial charge in [0.25, 0.3) is 0 Å². The first-order valence-corrected chi connectivity index (χ1v) is 15.4. The molecular weight excluding hydrogens is 585 g/mol. The number of hydrogen-bond acceptors (Lipinski definition) is 12. The van der Waals surface area contributed by atoms with Gasteiger partial charge in [0, 0.05) is 6.20 Å². The Kier molecular flexibility index (Phi) is 11.9. The molecule has 0 aromatic carbocycles. The number of aromatic nitrogens is 2. The highest BCUT2D eigenvalue weighted by molar-refractivity contribution is 7.54. The van der Waals surface area contributed by atoms with Gasteiger partial charge < -0.3 is 34.7 Å². The van der Waals surface area contributed by atoms with Crippen molar-refractivity contribution in [2.75, 3.05) is 25.6 Å². The van der Waals surface area contributed by atoms with Crippen molar-refractivity contribution in [3.8, 4) is 0 Å². The highest BCUT2D eigenvalue weighted by atomic mass is 31.2. The number of nitrogen functional groups attached to an aromatic ring is 1. The Balaban J connectivity index is 2.32. The fraction of sp³-hybridized carbons (Fsp3) is 0.704. The number of nitrogens with zero attached hydrogens (tertiary/aromatic N) is 2. The summed E-state index contributed by atoms with van der Waals surface area (Å²) in [5.74, 6) is -1.52. The van der Waals surface area contributed by atoms with Crippen molar-refractivity contribution in [1.82, 2.24) is 19.7 Å². The van der Waals surface area contributed by atoms with Crippen molar-refractivity contribution in [2.45, 2.75) is 91.5 Å². The molecule has 6 N–H and O–H groups in total. The van der Waals surface area contributed by atoms with Crippen LogP contribution in [0, 0.1) is 10.8 Å². The van der Waals surface area contributed by atoms with Crippen LogP contribution in [0.2, 0.25) is 0 Å². The molecule has 2 heterocycles. The van der Waals surface area contributed by atoms with Crippen LogP contribution >= 0.6 is 7.67 Å². The van der Waals surface area contributed by atoms with Crippen LogP contribution in [-0.2, 0) is 32.9 Å². The maximum absolute atomic E-state index is 14.1. The van der Waals surface area contributed by atoms with Crippen LogP contribution < -0.4 is 21.6 Å². The third kappa shape index (κ3) is 10.2. The monoisotopic (exact) mass is 631 g/mol. The van der Waals surface area contributed by atoms with Gasteiger partial charge in [0.15, 0.2) is 6.23 Å². The number of aliphatic hydroxyl groups excluding tert-OH is 2. The summed E-state index contributed by atoms with van der Waals surface area (Å²) in [4.78, 5) is 41.4. The number of ether oxygens (including phenoxy) is 3. The quantitative estimate of drug-likeness (QED) is 0.118. The summed E-state index contributed by atoms with van der Waals surface area (Å²) in [7, 11) is -4.35. The lowest BCUT2D eigenvalue weighted by Gasteiger charge is -2.32. The first-order valence-electron chi connectivity index (χ1n) is 13.8. The summed E-state index contributed by atoms with van der Waals surface area (Å²) >= 11 is 0. The van der Waals surface area contributed by atoms with Gasteiger partial charge in [-0.25, -0.2) is 15.0 Å². The van der Waals surface area contributed by atoms with Crippen molar-refractivity contribution in [1.29, 1.82) is 0 Å². The third-order valence-electron chi connectivity index (χ3n) is 6.13. The molecule has 0 spiro atoms. The van der Waals surface area contributed by atoms with Crippen LogP contribution in [0.5, 0.6) is 0 Å². The minimum absolute atomic E-state index is 0.0593. The summed E-state index contributed by atoms with van der Waals surface area (Å²) in [5.41, 5.74) is 2.14. The van der Waals surface area contributed by atoms with Crippen LogP contribution in [0.3, 0.4) is 0 Å². The molecule has 1 aromatic heterocycles. The number of anilines is 1. The van der Waals surface area contributed by atoms with Gasteiger partial charge in [0.2, 0.25) is 0 Å². The maximum Gasteiger partial charge on any atom is 0.351 e. The van der Waals surface area contributed by atoms with Crippen molar-refractivity contribution < 1.29 is 43.1 Å². The molecule has 0 bridgehead atoms. The molecule has 1 aliphatic heterocycles. The molecule has 1 fully saturated rings. The lowest BCUT2D eigenvalue weighted by Crippen LogP contribution is -2.47. The SMILES string of the molecule is C=C[C@]1(COP(=O)(N[C@@H](C)C(=O)OCC(C)(C)C)N[C@@H](C)C(=O)OCC(C)(C)C)O[C@@H](n2ccc(N)nc2=O)[C@H](O)[C@@H]1O. The molecular formula is C27H46N5O10P. The van der Waals surface area contributed by atoms with Gasteiger partial charge >= 0.3 is 25.3 Å². The normalized spacial score (nSPS) is 24.3. The Morgan fingerprint density at radius 3 is 2.05 bits per heavy atom. The molecule has 1 aromatic rings. The van der Waals surface area contributed by atoms with Gasteiger partial charge in [0.05, 0.1) is 19.8 Å². The Hall–Kier alpha value is -2.65. The van der Waals surface area contributed by atoms with E-state index in [1.807, 2.05) is 41.5 Å². The minimum atomic E-state index is -4.35. The predicted octanol–water partition coefficient (Wildman–Crippen LogP) is 1.26. The fourth-order valence-corrected chi connectivity index (χ4v) is 5.58. The lowest BCUT2D eigenvalue weighted by molar-refractivity contribution is -0.148. The molecule has 16 heteroatoms. The largest absolute Gasteiger partial charge is 0.464 e. The Labute approximate surface area is 251 Å². The second kappa shape index (κ2) is 14.0. The van der Waals surface area contributed by atoms with E-state index in [9.17, 15) is 29.2 Å². The van der Waals surface area contributed by atoms with Crippen molar-refractivity contribution in [3.63, 3.8) is 0 Å². The van der Waals surface area contributed by atoms with Gasteiger partial charge in [-0.3, -0.25) is 18.7 Å². The number of esters is 2. The molecule has 0 amide bonds. The number of carbonyl (C=O) groups is 2. The molecule has 0 aliphatic carbocycles. The molecule has 0 radical (unpaired) electrons. The van der Waals surface area contributed by atoms with Crippen molar-refractivity contribution in [2.24, 2.45) is 10.8 Å². The number of aliphatic hydroxyl groups is 2. The van der Waals surface area contributed by atoms with Crippen molar-refractivity contribution in [3.05, 3.63) is 35.4 Å². The van der Waals surface area contributed by atoms with E-state index in [0.29, 0.717) is 0 Å². The summed E-state index contributed by atoms with van der Waals surface area (Å²) in [5, 5.41) is 26.8. The summed E-state index contributed by atoms with van der Waals surface area (Å²) in [6, 6.07) is -1.05. The van der Waals surface area contributed by atoms with E-state index in [4.69, 9.17) is 24.5 Å². The van der Waals surface area contributed by atoms with Crippen LogP contribution in [-0.4, -0.2) is 81.4 Å². The van der Waals surface area contributed by atoms with Crippen LogP contribution in [0.1, 0.15) is 61.6 Å². The van der Waals surface area contributed by atoms with Crippen LogP contribution in [0.25, 0.3) is 0 Å².